The third kappa shape index (κ3) is 4.04. The van der Waals surface area contributed by atoms with Crippen LogP contribution < -0.4 is 15.8 Å². The van der Waals surface area contributed by atoms with Gasteiger partial charge >= 0.3 is 0 Å². The Morgan fingerprint density at radius 2 is 1.97 bits per heavy atom. The average Bonchev–Trinajstić information content (AvgIpc) is 2.72. The van der Waals surface area contributed by atoms with Crippen molar-refractivity contribution in [2.24, 2.45) is 0 Å². The van der Waals surface area contributed by atoms with Gasteiger partial charge in [-0.25, -0.2) is 9.37 Å². The fraction of sp³-hybridized carbons (Fsp3) is 0.227. The van der Waals surface area contributed by atoms with Gasteiger partial charge in [0.05, 0.1) is 5.02 Å². The Morgan fingerprint density at radius 3 is 2.79 bits per heavy atom. The standard InChI is InChI=1S/C22H20Cl2FN3O/c1-12(20-17(23)4-5-18(25)21(20)24)29-19-9-16(11-28-22(19)26)13-2-3-15-10-27-7-6-14(15)8-13/h2-5,8-9,11-12,27H,6-7,10H2,1H3,(H2,26,28)/t12-/m1/s1. The van der Waals surface area contributed by atoms with E-state index in [0.29, 0.717) is 16.3 Å². The number of anilines is 1. The zero-order valence-corrected chi connectivity index (χ0v) is 17.3. The summed E-state index contributed by atoms with van der Waals surface area (Å²) < 4.78 is 19.9. The quantitative estimate of drug-likeness (QED) is 0.530. The summed E-state index contributed by atoms with van der Waals surface area (Å²) >= 11 is 12.3. The van der Waals surface area contributed by atoms with Gasteiger partial charge in [0, 0.05) is 28.9 Å². The zero-order chi connectivity index (χ0) is 20.5. The minimum absolute atomic E-state index is 0.0593. The van der Waals surface area contributed by atoms with Gasteiger partial charge in [0.2, 0.25) is 0 Å². The summed E-state index contributed by atoms with van der Waals surface area (Å²) in [7, 11) is 0. The Morgan fingerprint density at radius 1 is 1.14 bits per heavy atom. The van der Waals surface area contributed by atoms with E-state index in [1.807, 2.05) is 6.07 Å². The molecule has 29 heavy (non-hydrogen) atoms. The molecule has 0 amide bonds. The van der Waals surface area contributed by atoms with E-state index in [9.17, 15) is 4.39 Å². The summed E-state index contributed by atoms with van der Waals surface area (Å²) in [6, 6.07) is 10.9. The molecule has 150 valence electrons. The Hall–Kier alpha value is -2.34. The molecule has 3 aromatic rings. The van der Waals surface area contributed by atoms with E-state index in [1.54, 1.807) is 13.1 Å². The molecule has 3 N–H and O–H groups in total. The highest BCUT2D eigenvalue weighted by Crippen LogP contribution is 2.37. The van der Waals surface area contributed by atoms with Gasteiger partial charge in [0.1, 0.15) is 11.9 Å². The van der Waals surface area contributed by atoms with Gasteiger partial charge in [-0.3, -0.25) is 0 Å². The second-order valence-electron chi connectivity index (χ2n) is 7.03. The van der Waals surface area contributed by atoms with E-state index < -0.39 is 11.9 Å². The van der Waals surface area contributed by atoms with Gasteiger partial charge in [-0.15, -0.1) is 0 Å². The molecular formula is C22H20Cl2FN3O. The lowest BCUT2D eigenvalue weighted by Gasteiger charge is -2.20. The maximum absolute atomic E-state index is 13.9. The van der Waals surface area contributed by atoms with Gasteiger partial charge in [0.25, 0.3) is 0 Å². The molecule has 0 spiro atoms. The third-order valence-corrected chi connectivity index (χ3v) is 5.81. The Kier molecular flexibility index (Phi) is 5.63. The van der Waals surface area contributed by atoms with Crippen LogP contribution in [0.2, 0.25) is 10.0 Å². The van der Waals surface area contributed by atoms with E-state index in [1.165, 1.54) is 23.3 Å². The third-order valence-electron chi connectivity index (χ3n) is 5.10. The molecule has 7 heteroatoms. The molecule has 0 radical (unpaired) electrons. The highest BCUT2D eigenvalue weighted by atomic mass is 35.5. The summed E-state index contributed by atoms with van der Waals surface area (Å²) in [4.78, 5) is 4.28. The van der Waals surface area contributed by atoms with Crippen LogP contribution in [0.3, 0.4) is 0 Å². The first-order valence-corrected chi connectivity index (χ1v) is 10.1. The first-order chi connectivity index (χ1) is 13.9. The first kappa shape index (κ1) is 20.0. The molecular weight excluding hydrogens is 412 g/mol. The maximum atomic E-state index is 13.9. The van der Waals surface area contributed by atoms with Crippen molar-refractivity contribution < 1.29 is 9.13 Å². The van der Waals surface area contributed by atoms with Crippen LogP contribution in [-0.4, -0.2) is 11.5 Å². The molecule has 1 atom stereocenters. The van der Waals surface area contributed by atoms with E-state index >= 15 is 0 Å². The topological polar surface area (TPSA) is 60.2 Å². The number of rotatable bonds is 4. The second-order valence-corrected chi connectivity index (χ2v) is 7.82. The minimum atomic E-state index is -0.611. The van der Waals surface area contributed by atoms with Crippen molar-refractivity contribution in [1.29, 1.82) is 0 Å². The Bertz CT molecular complexity index is 1070. The normalized spacial score (nSPS) is 14.3. The van der Waals surface area contributed by atoms with Crippen molar-refractivity contribution in [3.8, 4) is 16.9 Å². The Balaban J connectivity index is 1.65. The lowest BCUT2D eigenvalue weighted by Crippen LogP contribution is -2.23. The molecule has 2 aromatic carbocycles. The number of fused-ring (bicyclic) bond motifs is 1. The molecule has 0 saturated heterocycles. The summed E-state index contributed by atoms with van der Waals surface area (Å²) in [6.07, 6.45) is 2.10. The number of halogens is 3. The monoisotopic (exact) mass is 431 g/mol. The van der Waals surface area contributed by atoms with Crippen LogP contribution in [0.4, 0.5) is 10.2 Å². The van der Waals surface area contributed by atoms with Crippen LogP contribution >= 0.6 is 23.2 Å². The number of hydrogen-bond donors (Lipinski definition) is 2. The van der Waals surface area contributed by atoms with Crippen molar-refractivity contribution in [2.75, 3.05) is 12.3 Å². The number of nitrogens with one attached hydrogen (secondary N) is 1. The van der Waals surface area contributed by atoms with E-state index in [0.717, 1.165) is 30.6 Å². The van der Waals surface area contributed by atoms with Crippen LogP contribution in [-0.2, 0) is 13.0 Å². The number of nitrogen functional groups attached to an aromatic ring is 1. The maximum Gasteiger partial charge on any atom is 0.166 e. The van der Waals surface area contributed by atoms with E-state index in [2.05, 4.69) is 28.5 Å². The predicted octanol–water partition coefficient (Wildman–Crippen LogP) is 5.56. The minimum Gasteiger partial charge on any atom is -0.482 e. The SMILES string of the molecule is C[C@@H](Oc1cc(-c2ccc3c(c2)CCNC3)cnc1N)c1c(Cl)ccc(F)c1Cl. The largest absolute Gasteiger partial charge is 0.482 e. The number of nitrogens with zero attached hydrogens (tertiary/aromatic N) is 1. The summed E-state index contributed by atoms with van der Waals surface area (Å²) in [6.45, 7) is 3.60. The summed E-state index contributed by atoms with van der Waals surface area (Å²) in [5, 5.41) is 3.64. The fourth-order valence-corrected chi connectivity index (χ4v) is 4.21. The van der Waals surface area contributed by atoms with Crippen molar-refractivity contribution in [2.45, 2.75) is 26.0 Å². The lowest BCUT2D eigenvalue weighted by atomic mass is 9.96. The van der Waals surface area contributed by atoms with Crippen LogP contribution in [0.1, 0.15) is 29.7 Å². The molecule has 1 aliphatic rings. The van der Waals surface area contributed by atoms with Crippen LogP contribution in [0.15, 0.2) is 42.6 Å². The number of ether oxygens (including phenoxy) is 1. The average molecular weight is 432 g/mol. The number of nitrogens with two attached hydrogens (primary N) is 1. The predicted molar refractivity (Wildman–Crippen MR) is 115 cm³/mol. The van der Waals surface area contributed by atoms with Crippen molar-refractivity contribution in [3.63, 3.8) is 0 Å². The van der Waals surface area contributed by atoms with Crippen LogP contribution in [0.25, 0.3) is 11.1 Å². The number of aromatic nitrogens is 1. The van der Waals surface area contributed by atoms with E-state index in [-0.39, 0.29) is 10.8 Å². The molecule has 0 fully saturated rings. The van der Waals surface area contributed by atoms with Gasteiger partial charge in [-0.05, 0) is 54.8 Å². The smallest absolute Gasteiger partial charge is 0.166 e. The highest BCUT2D eigenvalue weighted by Gasteiger charge is 2.20. The fourth-order valence-electron chi connectivity index (χ4n) is 3.53. The molecule has 0 saturated carbocycles. The number of hydrogen-bond acceptors (Lipinski definition) is 4. The van der Waals surface area contributed by atoms with Crippen LogP contribution in [0.5, 0.6) is 5.75 Å². The molecule has 1 aliphatic heterocycles. The molecule has 0 aliphatic carbocycles. The van der Waals surface area contributed by atoms with Gasteiger partial charge in [-0.2, -0.15) is 0 Å². The molecule has 0 unspecified atom stereocenters. The second kappa shape index (κ2) is 8.19. The van der Waals surface area contributed by atoms with Crippen molar-refractivity contribution >= 4 is 29.0 Å². The first-order valence-electron chi connectivity index (χ1n) is 9.32. The van der Waals surface area contributed by atoms with Crippen molar-refractivity contribution in [1.82, 2.24) is 10.3 Å². The highest BCUT2D eigenvalue weighted by molar-refractivity contribution is 6.36. The van der Waals surface area contributed by atoms with Gasteiger partial charge in [-0.1, -0.05) is 41.4 Å². The summed E-state index contributed by atoms with van der Waals surface area (Å²) in [5.41, 5.74) is 11.0. The van der Waals surface area contributed by atoms with Crippen molar-refractivity contribution in [3.05, 3.63) is 75.1 Å². The molecule has 1 aromatic heterocycles. The summed E-state index contributed by atoms with van der Waals surface area (Å²) in [5.74, 6) is 0.0853. The van der Waals surface area contributed by atoms with Gasteiger partial charge in [0.15, 0.2) is 11.6 Å². The molecule has 4 nitrogen and oxygen atoms in total. The molecule has 0 bridgehead atoms. The molecule has 2 heterocycles. The number of benzene rings is 2. The van der Waals surface area contributed by atoms with Crippen LogP contribution in [0, 0.1) is 5.82 Å². The zero-order valence-electron chi connectivity index (χ0n) is 15.8. The van der Waals surface area contributed by atoms with Gasteiger partial charge < -0.3 is 15.8 Å². The van der Waals surface area contributed by atoms with E-state index in [4.69, 9.17) is 33.7 Å². The molecule has 4 rings (SSSR count). The Labute approximate surface area is 178 Å². The number of pyridine rings is 1. The lowest BCUT2D eigenvalue weighted by molar-refractivity contribution is 0.227.